The Morgan fingerprint density at radius 3 is 2.34 bits per heavy atom. The summed E-state index contributed by atoms with van der Waals surface area (Å²) in [5, 5.41) is 7.41. The predicted octanol–water partition coefficient (Wildman–Crippen LogP) is 5.07. The zero-order valence-electron chi connectivity index (χ0n) is 19.0. The number of nitrogens with zero attached hydrogens (tertiary/aromatic N) is 2. The second-order valence-corrected chi connectivity index (χ2v) is 7.78. The number of para-hydroxylation sites is 1. The number of methoxy groups -OCH3 is 2. The molecule has 178 valence electrons. The molecule has 0 bridgehead atoms. The van der Waals surface area contributed by atoms with Crippen molar-refractivity contribution in [1.82, 2.24) is 9.78 Å². The van der Waals surface area contributed by atoms with Crippen molar-refractivity contribution in [2.45, 2.75) is 6.73 Å². The number of nitrogens with one attached hydrogen (secondary N) is 1. The van der Waals surface area contributed by atoms with Gasteiger partial charge in [0.2, 0.25) is 5.75 Å². The van der Waals surface area contributed by atoms with Crippen LogP contribution in [-0.2, 0) is 6.73 Å². The summed E-state index contributed by atoms with van der Waals surface area (Å²) in [6.45, 7) is 0.0166. The molecule has 0 aliphatic heterocycles. The number of ether oxygens (including phenoxy) is 3. The van der Waals surface area contributed by atoms with Gasteiger partial charge in [0.05, 0.1) is 19.9 Å². The minimum Gasteiger partial charge on any atom is -0.493 e. The minimum absolute atomic E-state index is 0.0166. The summed E-state index contributed by atoms with van der Waals surface area (Å²) < 4.78 is 17.9. The topological polar surface area (TPSA) is 91.7 Å². The highest BCUT2D eigenvalue weighted by Crippen LogP contribution is 2.36. The molecule has 1 N–H and O–H groups in total. The predicted molar refractivity (Wildman–Crippen MR) is 132 cm³/mol. The highest BCUT2D eigenvalue weighted by atomic mass is 35.5. The molecule has 0 saturated heterocycles. The smallest absolute Gasteiger partial charge is 0.276 e. The molecule has 0 spiro atoms. The molecule has 0 saturated carbocycles. The molecule has 1 amide bonds. The average Bonchev–Trinajstić information content (AvgIpc) is 3.37. The lowest BCUT2D eigenvalue weighted by Gasteiger charge is -2.14. The molecule has 35 heavy (non-hydrogen) atoms. The van der Waals surface area contributed by atoms with Gasteiger partial charge in [0.1, 0.15) is 0 Å². The van der Waals surface area contributed by atoms with Gasteiger partial charge in [-0.25, -0.2) is 4.68 Å². The van der Waals surface area contributed by atoms with Crippen LogP contribution < -0.4 is 19.5 Å². The minimum atomic E-state index is -0.483. The van der Waals surface area contributed by atoms with Crippen LogP contribution in [0.25, 0.3) is 0 Å². The molecule has 4 rings (SSSR count). The fourth-order valence-corrected chi connectivity index (χ4v) is 3.56. The van der Waals surface area contributed by atoms with Crippen LogP contribution in [0.3, 0.4) is 0 Å². The van der Waals surface area contributed by atoms with Gasteiger partial charge in [-0.15, -0.1) is 0 Å². The molecule has 0 atom stereocenters. The number of carbonyl (C=O) groups excluding carboxylic acids is 2. The largest absolute Gasteiger partial charge is 0.493 e. The van der Waals surface area contributed by atoms with Gasteiger partial charge in [0.15, 0.2) is 29.7 Å². The molecule has 0 radical (unpaired) electrons. The number of benzene rings is 3. The van der Waals surface area contributed by atoms with E-state index in [1.54, 1.807) is 66.9 Å². The molecule has 1 aromatic heterocycles. The summed E-state index contributed by atoms with van der Waals surface area (Å²) in [4.78, 5) is 25.9. The highest BCUT2D eigenvalue weighted by Gasteiger charge is 2.18. The summed E-state index contributed by atoms with van der Waals surface area (Å²) in [6.07, 6.45) is 1.61. The van der Waals surface area contributed by atoms with Gasteiger partial charge in [0.25, 0.3) is 5.91 Å². The van der Waals surface area contributed by atoms with Gasteiger partial charge in [0, 0.05) is 22.3 Å². The number of rotatable bonds is 9. The van der Waals surface area contributed by atoms with Crippen molar-refractivity contribution < 1.29 is 23.8 Å². The maximum Gasteiger partial charge on any atom is 0.276 e. The SMILES string of the molecule is COc1cccc(OC)c1OCn1ccc(C(=O)Nc2ccc(Cl)cc2C(=O)c2ccccc2)n1. The van der Waals surface area contributed by atoms with Crippen molar-refractivity contribution in [2.24, 2.45) is 0 Å². The second-order valence-electron chi connectivity index (χ2n) is 7.34. The molecule has 0 aliphatic carbocycles. The van der Waals surface area contributed by atoms with E-state index in [9.17, 15) is 9.59 Å². The zero-order valence-corrected chi connectivity index (χ0v) is 19.8. The summed E-state index contributed by atoms with van der Waals surface area (Å²) in [7, 11) is 3.07. The van der Waals surface area contributed by atoms with E-state index in [0.29, 0.717) is 33.5 Å². The van der Waals surface area contributed by atoms with Crippen LogP contribution in [0, 0.1) is 0 Å². The van der Waals surface area contributed by atoms with E-state index >= 15 is 0 Å². The van der Waals surface area contributed by atoms with Crippen LogP contribution >= 0.6 is 11.6 Å². The molecule has 9 heteroatoms. The van der Waals surface area contributed by atoms with Crippen molar-refractivity contribution in [1.29, 1.82) is 0 Å². The number of carbonyl (C=O) groups is 2. The molecule has 0 aliphatic rings. The number of anilines is 1. The third kappa shape index (κ3) is 5.44. The van der Waals surface area contributed by atoms with Crippen LogP contribution in [0.1, 0.15) is 26.4 Å². The standard InChI is InChI=1S/C26H22ClN3O5/c1-33-22-9-6-10-23(34-2)25(22)35-16-30-14-13-21(29-30)26(32)28-20-12-11-18(27)15-19(20)24(31)17-7-4-3-5-8-17/h3-15H,16H2,1-2H3,(H,28,32). The summed E-state index contributed by atoms with van der Waals surface area (Å²) >= 11 is 6.12. The van der Waals surface area contributed by atoms with Gasteiger partial charge in [-0.1, -0.05) is 48.0 Å². The number of aromatic nitrogens is 2. The van der Waals surface area contributed by atoms with Crippen molar-refractivity contribution in [3.05, 3.63) is 101 Å². The third-order valence-electron chi connectivity index (χ3n) is 5.11. The summed E-state index contributed by atoms with van der Waals surface area (Å²) in [5.41, 5.74) is 1.24. The molecule has 1 heterocycles. The van der Waals surface area contributed by atoms with Crippen LogP contribution in [0.2, 0.25) is 5.02 Å². The van der Waals surface area contributed by atoms with Gasteiger partial charge in [-0.05, 0) is 36.4 Å². The fraction of sp³-hybridized carbons (Fsp3) is 0.115. The van der Waals surface area contributed by atoms with E-state index in [2.05, 4.69) is 10.4 Å². The molecule has 4 aromatic rings. The first-order valence-corrected chi connectivity index (χ1v) is 11.0. The van der Waals surface area contributed by atoms with Gasteiger partial charge >= 0.3 is 0 Å². The van der Waals surface area contributed by atoms with E-state index in [4.69, 9.17) is 25.8 Å². The van der Waals surface area contributed by atoms with E-state index in [-0.39, 0.29) is 23.8 Å². The first kappa shape index (κ1) is 23.8. The Kier molecular flexibility index (Phi) is 7.32. The molecular formula is C26H22ClN3O5. The monoisotopic (exact) mass is 491 g/mol. The maximum absolute atomic E-state index is 13.0. The lowest BCUT2D eigenvalue weighted by atomic mass is 10.0. The first-order chi connectivity index (χ1) is 17.0. The summed E-state index contributed by atoms with van der Waals surface area (Å²) in [6, 6.07) is 20.3. The van der Waals surface area contributed by atoms with Crippen molar-refractivity contribution >= 4 is 29.0 Å². The number of ketones is 1. The zero-order chi connectivity index (χ0) is 24.8. The lowest BCUT2D eigenvalue weighted by Crippen LogP contribution is -2.17. The van der Waals surface area contributed by atoms with Crippen molar-refractivity contribution in [3.8, 4) is 17.2 Å². The third-order valence-corrected chi connectivity index (χ3v) is 5.34. The molecule has 0 unspecified atom stereocenters. The van der Waals surface area contributed by atoms with Gasteiger partial charge in [-0.3, -0.25) is 9.59 Å². The van der Waals surface area contributed by atoms with Crippen molar-refractivity contribution in [3.63, 3.8) is 0 Å². The van der Waals surface area contributed by atoms with Crippen LogP contribution in [0.5, 0.6) is 17.2 Å². The molecule has 3 aromatic carbocycles. The maximum atomic E-state index is 13.0. The average molecular weight is 492 g/mol. The van der Waals surface area contributed by atoms with Crippen LogP contribution in [0.15, 0.2) is 79.0 Å². The Labute approximate surface area is 207 Å². The lowest BCUT2D eigenvalue weighted by molar-refractivity contribution is 0.102. The van der Waals surface area contributed by atoms with Gasteiger partial charge < -0.3 is 19.5 Å². The Hall–Kier alpha value is -4.30. The number of hydrogen-bond acceptors (Lipinski definition) is 6. The highest BCUT2D eigenvalue weighted by molar-refractivity contribution is 6.31. The molecule has 0 fully saturated rings. The normalized spacial score (nSPS) is 10.5. The second kappa shape index (κ2) is 10.8. The van der Waals surface area contributed by atoms with Gasteiger partial charge in [-0.2, -0.15) is 5.10 Å². The molecular weight excluding hydrogens is 470 g/mol. The van der Waals surface area contributed by atoms with Crippen molar-refractivity contribution in [2.75, 3.05) is 19.5 Å². The van der Waals surface area contributed by atoms with E-state index in [1.807, 2.05) is 6.07 Å². The fourth-order valence-electron chi connectivity index (χ4n) is 3.39. The quantitative estimate of drug-likeness (QED) is 0.328. The first-order valence-electron chi connectivity index (χ1n) is 10.6. The van der Waals surface area contributed by atoms with Crippen LogP contribution in [-0.4, -0.2) is 35.7 Å². The Balaban J connectivity index is 1.49. The molecule has 8 nitrogen and oxygen atoms in total. The Bertz CT molecular complexity index is 1330. The van der Waals surface area contributed by atoms with E-state index < -0.39 is 5.91 Å². The Morgan fingerprint density at radius 1 is 0.943 bits per heavy atom. The van der Waals surface area contributed by atoms with Crippen LogP contribution in [0.4, 0.5) is 5.69 Å². The summed E-state index contributed by atoms with van der Waals surface area (Å²) in [5.74, 6) is 0.695. The Morgan fingerprint density at radius 2 is 1.66 bits per heavy atom. The number of hydrogen-bond donors (Lipinski definition) is 1. The number of halogens is 1. The number of amides is 1. The van der Waals surface area contributed by atoms with E-state index in [1.165, 1.54) is 25.0 Å². The van der Waals surface area contributed by atoms with E-state index in [0.717, 1.165) is 0 Å².